The molecule has 2 fully saturated rings. The molecular weight excluding hydrogens is 228 g/mol. The summed E-state index contributed by atoms with van der Waals surface area (Å²) in [5.41, 5.74) is 0. The van der Waals surface area contributed by atoms with E-state index in [1.54, 1.807) is 25.7 Å². The van der Waals surface area contributed by atoms with Crippen molar-refractivity contribution < 1.29 is 0 Å². The minimum absolute atomic E-state index is 0. The first-order valence-electron chi connectivity index (χ1n) is 8.86. The molecule has 0 nitrogen and oxygen atoms in total. The predicted molar refractivity (Wildman–Crippen MR) is 93.9 cm³/mol. The lowest BCUT2D eigenvalue weighted by Crippen LogP contribution is -2.15. The van der Waals surface area contributed by atoms with Gasteiger partial charge in [-0.25, -0.2) is 0 Å². The van der Waals surface area contributed by atoms with Crippen LogP contribution < -0.4 is 0 Å². The second-order valence-corrected chi connectivity index (χ2v) is 5.08. The van der Waals surface area contributed by atoms with Crippen molar-refractivity contribution in [3.63, 3.8) is 0 Å². The Morgan fingerprint density at radius 3 is 1.42 bits per heavy atom. The van der Waals surface area contributed by atoms with Crippen molar-refractivity contribution in [2.45, 2.75) is 107 Å². The van der Waals surface area contributed by atoms with Gasteiger partial charge in [0.15, 0.2) is 0 Å². The normalized spacial score (nSPS) is 25.4. The highest BCUT2D eigenvalue weighted by Crippen LogP contribution is 2.41. The summed E-state index contributed by atoms with van der Waals surface area (Å²) in [6, 6.07) is 0. The second-order valence-electron chi connectivity index (χ2n) is 5.08. The molecular formula is C19H44. The lowest BCUT2D eigenvalue weighted by atomic mass is 9.79. The van der Waals surface area contributed by atoms with Gasteiger partial charge in [-0.05, 0) is 30.6 Å². The highest BCUT2D eigenvalue weighted by Gasteiger charge is 2.29. The smallest absolute Gasteiger partial charge is 0.0383 e. The molecule has 2 aliphatic carbocycles. The molecule has 2 saturated carbocycles. The van der Waals surface area contributed by atoms with Gasteiger partial charge in [-0.2, -0.15) is 0 Å². The molecule has 0 aromatic heterocycles. The van der Waals surface area contributed by atoms with Gasteiger partial charge in [0.2, 0.25) is 0 Å². The maximum atomic E-state index is 2.43. The molecule has 0 radical (unpaired) electrons. The fraction of sp³-hybridized carbons (Fsp3) is 1.00. The van der Waals surface area contributed by atoms with E-state index in [1.165, 1.54) is 25.7 Å². The Balaban J connectivity index is -0.000000325. The van der Waals surface area contributed by atoms with Crippen LogP contribution in [0.15, 0.2) is 0 Å². The SMILES string of the molecule is C.CC.CC.CC.CC1CCC(C2CCCCC2)C1. The zero-order valence-electron chi connectivity index (χ0n) is 14.4. The van der Waals surface area contributed by atoms with E-state index < -0.39 is 0 Å². The van der Waals surface area contributed by atoms with E-state index in [2.05, 4.69) is 6.92 Å². The van der Waals surface area contributed by atoms with Gasteiger partial charge in [0.25, 0.3) is 0 Å². The summed E-state index contributed by atoms with van der Waals surface area (Å²) in [5.74, 6) is 3.29. The predicted octanol–water partition coefficient (Wildman–Crippen LogP) is 7.72. The summed E-state index contributed by atoms with van der Waals surface area (Å²) in [7, 11) is 0. The lowest BCUT2D eigenvalue weighted by Gasteiger charge is -2.27. The van der Waals surface area contributed by atoms with Crippen molar-refractivity contribution in [2.24, 2.45) is 17.8 Å². The maximum Gasteiger partial charge on any atom is -0.0383 e. The van der Waals surface area contributed by atoms with Crippen LogP contribution in [0.3, 0.4) is 0 Å². The Morgan fingerprint density at radius 2 is 1.05 bits per heavy atom. The zero-order valence-corrected chi connectivity index (χ0v) is 14.4. The molecule has 0 N–H and O–H groups in total. The molecule has 2 atom stereocenters. The van der Waals surface area contributed by atoms with Crippen LogP contribution >= 0.6 is 0 Å². The summed E-state index contributed by atoms with van der Waals surface area (Å²) < 4.78 is 0. The van der Waals surface area contributed by atoms with Gasteiger partial charge >= 0.3 is 0 Å². The fourth-order valence-electron chi connectivity index (χ4n) is 3.28. The van der Waals surface area contributed by atoms with E-state index in [4.69, 9.17) is 0 Å². The van der Waals surface area contributed by atoms with Gasteiger partial charge in [-0.3, -0.25) is 0 Å². The van der Waals surface area contributed by atoms with E-state index in [-0.39, 0.29) is 7.43 Å². The molecule has 0 saturated heterocycles. The summed E-state index contributed by atoms with van der Waals surface area (Å²) in [6.07, 6.45) is 12.3. The van der Waals surface area contributed by atoms with Crippen LogP contribution in [0.1, 0.15) is 107 Å². The van der Waals surface area contributed by atoms with Crippen LogP contribution in [0.2, 0.25) is 0 Å². The molecule has 19 heavy (non-hydrogen) atoms. The van der Waals surface area contributed by atoms with Crippen molar-refractivity contribution in [2.75, 3.05) is 0 Å². The van der Waals surface area contributed by atoms with Gasteiger partial charge in [0.1, 0.15) is 0 Å². The Bertz CT molecular complexity index is 130. The Kier molecular flexibility index (Phi) is 22.8. The quantitative estimate of drug-likeness (QED) is 0.458. The standard InChI is InChI=1S/C12H22.3C2H6.CH4/c1-10-7-8-12(9-10)11-5-3-2-4-6-11;3*1-2;/h10-12H,2-9H2,1H3;3*1-2H3;1H4. The Morgan fingerprint density at radius 1 is 0.579 bits per heavy atom. The molecule has 0 bridgehead atoms. The third-order valence-electron chi connectivity index (χ3n) is 4.05. The largest absolute Gasteiger partial charge is 0.0776 e. The van der Waals surface area contributed by atoms with Crippen molar-refractivity contribution >= 4 is 0 Å². The Labute approximate surface area is 125 Å². The summed E-state index contributed by atoms with van der Waals surface area (Å²) in [5, 5.41) is 0. The fourth-order valence-corrected chi connectivity index (χ4v) is 3.28. The molecule has 0 spiro atoms. The molecule has 2 aliphatic rings. The van der Waals surface area contributed by atoms with Crippen LogP contribution in [0, 0.1) is 17.8 Å². The minimum Gasteiger partial charge on any atom is -0.0776 e. The highest BCUT2D eigenvalue weighted by atomic mass is 14.3. The Hall–Kier alpha value is 0. The van der Waals surface area contributed by atoms with Gasteiger partial charge in [0, 0.05) is 0 Å². The average molecular weight is 273 g/mol. The van der Waals surface area contributed by atoms with Crippen molar-refractivity contribution in [3.8, 4) is 0 Å². The molecule has 2 rings (SSSR count). The summed E-state index contributed by atoms with van der Waals surface area (Å²) in [4.78, 5) is 0. The third kappa shape index (κ3) is 10.4. The lowest BCUT2D eigenvalue weighted by molar-refractivity contribution is 0.247. The molecule has 0 amide bonds. The molecule has 0 heterocycles. The third-order valence-corrected chi connectivity index (χ3v) is 4.05. The van der Waals surface area contributed by atoms with E-state index in [1.807, 2.05) is 41.5 Å². The van der Waals surface area contributed by atoms with Gasteiger partial charge in [-0.1, -0.05) is 94.4 Å². The molecule has 0 aliphatic heterocycles. The van der Waals surface area contributed by atoms with E-state index in [0.717, 1.165) is 17.8 Å². The van der Waals surface area contributed by atoms with Gasteiger partial charge < -0.3 is 0 Å². The zero-order chi connectivity index (χ0) is 14.4. The first-order valence-corrected chi connectivity index (χ1v) is 8.86. The number of rotatable bonds is 1. The van der Waals surface area contributed by atoms with Crippen LogP contribution in [-0.4, -0.2) is 0 Å². The van der Waals surface area contributed by atoms with Crippen LogP contribution in [0.5, 0.6) is 0 Å². The topological polar surface area (TPSA) is 0 Å². The molecule has 0 aromatic carbocycles. The van der Waals surface area contributed by atoms with Crippen LogP contribution in [0.4, 0.5) is 0 Å². The van der Waals surface area contributed by atoms with Crippen LogP contribution in [0.25, 0.3) is 0 Å². The molecule has 2 unspecified atom stereocenters. The minimum atomic E-state index is 0. The monoisotopic (exact) mass is 272 g/mol. The summed E-state index contributed by atoms with van der Waals surface area (Å²) >= 11 is 0. The van der Waals surface area contributed by atoms with Gasteiger partial charge in [-0.15, -0.1) is 0 Å². The van der Waals surface area contributed by atoms with Crippen molar-refractivity contribution in [1.82, 2.24) is 0 Å². The maximum absolute atomic E-state index is 2.43. The first-order chi connectivity index (χ1) is 8.86. The highest BCUT2D eigenvalue weighted by molar-refractivity contribution is 4.80. The molecule has 120 valence electrons. The molecule has 0 heteroatoms. The molecule has 0 aromatic rings. The van der Waals surface area contributed by atoms with E-state index in [9.17, 15) is 0 Å². The van der Waals surface area contributed by atoms with E-state index in [0.29, 0.717) is 0 Å². The number of hydrogen-bond acceptors (Lipinski definition) is 0. The van der Waals surface area contributed by atoms with Crippen LogP contribution in [-0.2, 0) is 0 Å². The average Bonchev–Trinajstić information content (AvgIpc) is 2.93. The van der Waals surface area contributed by atoms with Crippen molar-refractivity contribution in [3.05, 3.63) is 0 Å². The number of hydrogen-bond donors (Lipinski definition) is 0. The second kappa shape index (κ2) is 18.0. The first kappa shape index (κ1) is 24.0. The van der Waals surface area contributed by atoms with Crippen molar-refractivity contribution in [1.29, 1.82) is 0 Å². The van der Waals surface area contributed by atoms with Gasteiger partial charge in [0.05, 0.1) is 0 Å². The summed E-state index contributed by atoms with van der Waals surface area (Å²) in [6.45, 7) is 14.4. The van der Waals surface area contributed by atoms with E-state index >= 15 is 0 Å².